The van der Waals surface area contributed by atoms with E-state index in [9.17, 15) is 4.39 Å². The predicted molar refractivity (Wildman–Crippen MR) is 64.1 cm³/mol. The Kier molecular flexibility index (Phi) is 4.99. The SMILES string of the molecule is C=CCOc1ccc(CC(N)CC)cc1F. The average Bonchev–Trinajstić information content (AvgIpc) is 2.28. The molecule has 2 N–H and O–H groups in total. The maximum atomic E-state index is 13.5. The lowest BCUT2D eigenvalue weighted by Gasteiger charge is -2.10. The van der Waals surface area contributed by atoms with Gasteiger partial charge >= 0.3 is 0 Å². The van der Waals surface area contributed by atoms with Crippen LogP contribution in [-0.2, 0) is 6.42 Å². The summed E-state index contributed by atoms with van der Waals surface area (Å²) >= 11 is 0. The van der Waals surface area contributed by atoms with E-state index >= 15 is 0 Å². The smallest absolute Gasteiger partial charge is 0.165 e. The topological polar surface area (TPSA) is 35.2 Å². The average molecular weight is 223 g/mol. The molecule has 0 fully saturated rings. The monoisotopic (exact) mass is 223 g/mol. The summed E-state index contributed by atoms with van der Waals surface area (Å²) in [6.07, 6.45) is 3.16. The van der Waals surface area contributed by atoms with Crippen LogP contribution in [0.4, 0.5) is 4.39 Å². The Hall–Kier alpha value is -1.35. The molecule has 2 nitrogen and oxygen atoms in total. The van der Waals surface area contributed by atoms with E-state index in [-0.39, 0.29) is 17.6 Å². The normalized spacial score (nSPS) is 12.2. The highest BCUT2D eigenvalue weighted by atomic mass is 19.1. The molecule has 1 aromatic rings. The Morgan fingerprint density at radius 1 is 1.56 bits per heavy atom. The van der Waals surface area contributed by atoms with Crippen molar-refractivity contribution in [2.75, 3.05) is 6.61 Å². The second-order valence-electron chi connectivity index (χ2n) is 3.74. The van der Waals surface area contributed by atoms with E-state index in [4.69, 9.17) is 10.5 Å². The molecule has 1 atom stereocenters. The van der Waals surface area contributed by atoms with Crippen LogP contribution in [-0.4, -0.2) is 12.6 Å². The third-order valence-electron chi connectivity index (χ3n) is 2.38. The van der Waals surface area contributed by atoms with Crippen molar-refractivity contribution in [2.24, 2.45) is 5.73 Å². The molecule has 3 heteroatoms. The lowest BCUT2D eigenvalue weighted by atomic mass is 10.0. The minimum absolute atomic E-state index is 0.0827. The number of hydrogen-bond acceptors (Lipinski definition) is 2. The first-order chi connectivity index (χ1) is 7.67. The van der Waals surface area contributed by atoms with Gasteiger partial charge in [-0.15, -0.1) is 0 Å². The van der Waals surface area contributed by atoms with E-state index < -0.39 is 0 Å². The molecule has 0 saturated carbocycles. The Bertz CT molecular complexity index is 352. The van der Waals surface area contributed by atoms with Crippen molar-refractivity contribution in [3.8, 4) is 5.75 Å². The Labute approximate surface area is 95.9 Å². The van der Waals surface area contributed by atoms with Gasteiger partial charge in [-0.1, -0.05) is 25.6 Å². The van der Waals surface area contributed by atoms with Crippen molar-refractivity contribution < 1.29 is 9.13 Å². The van der Waals surface area contributed by atoms with Crippen LogP contribution < -0.4 is 10.5 Å². The molecule has 16 heavy (non-hydrogen) atoms. The fraction of sp³-hybridized carbons (Fsp3) is 0.385. The Morgan fingerprint density at radius 2 is 2.31 bits per heavy atom. The number of nitrogens with two attached hydrogens (primary N) is 1. The molecule has 0 aliphatic carbocycles. The van der Waals surface area contributed by atoms with Crippen LogP contribution >= 0.6 is 0 Å². The van der Waals surface area contributed by atoms with E-state index in [1.54, 1.807) is 12.1 Å². The van der Waals surface area contributed by atoms with E-state index in [2.05, 4.69) is 6.58 Å². The molecular formula is C13H18FNO. The van der Waals surface area contributed by atoms with Gasteiger partial charge in [0.25, 0.3) is 0 Å². The number of rotatable bonds is 6. The van der Waals surface area contributed by atoms with Gasteiger partial charge in [-0.25, -0.2) is 4.39 Å². The quantitative estimate of drug-likeness (QED) is 0.752. The summed E-state index contributed by atoms with van der Waals surface area (Å²) in [5.74, 6) is -0.0867. The number of ether oxygens (including phenoxy) is 1. The third kappa shape index (κ3) is 3.66. The highest BCUT2D eigenvalue weighted by molar-refractivity contribution is 5.30. The summed E-state index contributed by atoms with van der Waals surface area (Å²) in [6.45, 7) is 5.84. The highest BCUT2D eigenvalue weighted by Gasteiger charge is 2.06. The molecular weight excluding hydrogens is 205 g/mol. The first kappa shape index (κ1) is 12.7. The lowest BCUT2D eigenvalue weighted by molar-refractivity contribution is 0.341. The highest BCUT2D eigenvalue weighted by Crippen LogP contribution is 2.19. The van der Waals surface area contributed by atoms with Gasteiger partial charge in [-0.05, 0) is 30.5 Å². The summed E-state index contributed by atoms with van der Waals surface area (Å²) in [4.78, 5) is 0. The number of benzene rings is 1. The van der Waals surface area contributed by atoms with Gasteiger partial charge in [0.1, 0.15) is 6.61 Å². The number of hydrogen-bond donors (Lipinski definition) is 1. The summed E-state index contributed by atoms with van der Waals surface area (Å²) in [5.41, 5.74) is 6.71. The van der Waals surface area contributed by atoms with Crippen LogP contribution in [0.3, 0.4) is 0 Å². The molecule has 0 saturated heterocycles. The van der Waals surface area contributed by atoms with Gasteiger partial charge < -0.3 is 10.5 Å². The molecule has 0 amide bonds. The third-order valence-corrected chi connectivity index (χ3v) is 2.38. The van der Waals surface area contributed by atoms with Crippen LogP contribution in [0.5, 0.6) is 5.75 Å². The lowest BCUT2D eigenvalue weighted by Crippen LogP contribution is -2.21. The summed E-state index contributed by atoms with van der Waals surface area (Å²) in [5, 5.41) is 0. The Morgan fingerprint density at radius 3 is 2.88 bits per heavy atom. The van der Waals surface area contributed by atoms with Gasteiger partial charge in [0.2, 0.25) is 0 Å². The molecule has 0 heterocycles. The standard InChI is InChI=1S/C13H18FNO/c1-3-7-16-13-6-5-10(9-12(13)14)8-11(15)4-2/h3,5-6,9,11H,1,4,7-8,15H2,2H3. The van der Waals surface area contributed by atoms with Crippen molar-refractivity contribution in [1.29, 1.82) is 0 Å². The molecule has 0 spiro atoms. The van der Waals surface area contributed by atoms with Crippen molar-refractivity contribution in [1.82, 2.24) is 0 Å². The maximum Gasteiger partial charge on any atom is 0.165 e. The van der Waals surface area contributed by atoms with Crippen LogP contribution in [0.2, 0.25) is 0 Å². The predicted octanol–water partition coefficient (Wildman–Crippen LogP) is 2.67. The zero-order valence-corrected chi connectivity index (χ0v) is 9.58. The molecule has 88 valence electrons. The summed E-state index contributed by atoms with van der Waals surface area (Å²) in [7, 11) is 0. The number of halogens is 1. The van der Waals surface area contributed by atoms with Crippen molar-refractivity contribution in [3.05, 3.63) is 42.2 Å². The maximum absolute atomic E-state index is 13.5. The van der Waals surface area contributed by atoms with Crippen molar-refractivity contribution in [2.45, 2.75) is 25.8 Å². The molecule has 1 unspecified atom stereocenters. The molecule has 1 rings (SSSR count). The zero-order valence-electron chi connectivity index (χ0n) is 9.58. The van der Waals surface area contributed by atoms with E-state index in [0.29, 0.717) is 13.0 Å². The summed E-state index contributed by atoms with van der Waals surface area (Å²) in [6, 6.07) is 5.04. The minimum atomic E-state index is -0.345. The fourth-order valence-corrected chi connectivity index (χ4v) is 1.38. The largest absolute Gasteiger partial charge is 0.486 e. The van der Waals surface area contributed by atoms with Gasteiger partial charge in [0.05, 0.1) is 0 Å². The molecule has 0 aliphatic rings. The molecule has 1 aromatic carbocycles. The molecule has 0 aliphatic heterocycles. The Balaban J connectivity index is 2.70. The second kappa shape index (κ2) is 6.28. The van der Waals surface area contributed by atoms with Crippen molar-refractivity contribution in [3.63, 3.8) is 0 Å². The zero-order chi connectivity index (χ0) is 12.0. The molecule has 0 bridgehead atoms. The van der Waals surface area contributed by atoms with E-state index in [1.807, 2.05) is 13.0 Å². The summed E-state index contributed by atoms with van der Waals surface area (Å²) < 4.78 is 18.7. The van der Waals surface area contributed by atoms with Crippen LogP contribution in [0.1, 0.15) is 18.9 Å². The fourth-order valence-electron chi connectivity index (χ4n) is 1.38. The van der Waals surface area contributed by atoms with Crippen molar-refractivity contribution >= 4 is 0 Å². The van der Waals surface area contributed by atoms with Crippen LogP contribution in [0.25, 0.3) is 0 Å². The van der Waals surface area contributed by atoms with E-state index in [1.165, 1.54) is 6.07 Å². The van der Waals surface area contributed by atoms with Crippen LogP contribution in [0, 0.1) is 5.82 Å². The molecule has 0 aromatic heterocycles. The first-order valence-corrected chi connectivity index (χ1v) is 5.45. The van der Waals surface area contributed by atoms with E-state index in [0.717, 1.165) is 12.0 Å². The minimum Gasteiger partial charge on any atom is -0.486 e. The second-order valence-corrected chi connectivity index (χ2v) is 3.74. The first-order valence-electron chi connectivity index (χ1n) is 5.45. The van der Waals surface area contributed by atoms with Crippen LogP contribution in [0.15, 0.2) is 30.9 Å². The van der Waals surface area contributed by atoms with Gasteiger partial charge in [0.15, 0.2) is 11.6 Å². The van der Waals surface area contributed by atoms with Gasteiger partial charge in [0, 0.05) is 6.04 Å². The van der Waals surface area contributed by atoms with Gasteiger partial charge in [-0.2, -0.15) is 0 Å². The molecule has 0 radical (unpaired) electrons. The van der Waals surface area contributed by atoms with Gasteiger partial charge in [-0.3, -0.25) is 0 Å².